The molecule has 0 radical (unpaired) electrons. The van der Waals surface area contributed by atoms with Crippen molar-refractivity contribution < 1.29 is 13.2 Å². The number of hydrogen-bond donors (Lipinski definition) is 2. The summed E-state index contributed by atoms with van der Waals surface area (Å²) in [6.07, 6.45) is 3.20. The lowest BCUT2D eigenvalue weighted by Crippen LogP contribution is -2.38. The highest BCUT2D eigenvalue weighted by Crippen LogP contribution is 2.30. The van der Waals surface area contributed by atoms with Gasteiger partial charge < -0.3 is 11.1 Å². The van der Waals surface area contributed by atoms with Crippen LogP contribution in [0, 0.1) is 5.92 Å². The lowest BCUT2D eigenvalue weighted by atomic mass is 10.1. The maximum absolute atomic E-state index is 12.1. The van der Waals surface area contributed by atoms with E-state index in [0.29, 0.717) is 19.5 Å². The van der Waals surface area contributed by atoms with Crippen LogP contribution in [0.15, 0.2) is 0 Å². The summed E-state index contributed by atoms with van der Waals surface area (Å²) in [5.74, 6) is -0.762. The predicted molar refractivity (Wildman–Crippen MR) is 67.3 cm³/mol. The maximum atomic E-state index is 12.1. The van der Waals surface area contributed by atoms with Gasteiger partial charge in [0.15, 0.2) is 9.84 Å². The quantitative estimate of drug-likeness (QED) is 0.708. The zero-order valence-electron chi connectivity index (χ0n) is 10.3. The van der Waals surface area contributed by atoms with Crippen molar-refractivity contribution in [1.29, 1.82) is 0 Å². The Labute approximate surface area is 103 Å². The number of amides is 1. The molecule has 0 saturated heterocycles. The second-order valence-corrected chi connectivity index (χ2v) is 6.84. The van der Waals surface area contributed by atoms with Crippen molar-refractivity contribution in [2.45, 2.75) is 37.9 Å². The molecule has 0 aliphatic heterocycles. The minimum absolute atomic E-state index is 0.0268. The van der Waals surface area contributed by atoms with E-state index in [4.69, 9.17) is 5.73 Å². The summed E-state index contributed by atoms with van der Waals surface area (Å²) >= 11 is 0. The van der Waals surface area contributed by atoms with E-state index in [1.54, 1.807) is 0 Å². The topological polar surface area (TPSA) is 89.3 Å². The molecule has 1 saturated carbocycles. The molecular formula is C11H22N2O3S. The van der Waals surface area contributed by atoms with Crippen molar-refractivity contribution in [3.63, 3.8) is 0 Å². The molecular weight excluding hydrogens is 240 g/mol. The van der Waals surface area contributed by atoms with E-state index in [0.717, 1.165) is 19.3 Å². The Balaban J connectivity index is 2.58. The predicted octanol–water partition coefficient (Wildman–Crippen LogP) is 0.0548. The van der Waals surface area contributed by atoms with Gasteiger partial charge in [-0.25, -0.2) is 8.42 Å². The van der Waals surface area contributed by atoms with E-state index in [-0.39, 0.29) is 5.92 Å². The molecule has 17 heavy (non-hydrogen) atoms. The zero-order chi connectivity index (χ0) is 12.9. The van der Waals surface area contributed by atoms with Gasteiger partial charge in [-0.2, -0.15) is 0 Å². The third kappa shape index (κ3) is 3.96. The molecule has 2 unspecified atom stereocenters. The van der Waals surface area contributed by atoms with Crippen LogP contribution in [0.25, 0.3) is 0 Å². The smallest absolute Gasteiger partial charge is 0.235 e. The molecule has 0 aromatic carbocycles. The van der Waals surface area contributed by atoms with Crippen LogP contribution >= 0.6 is 0 Å². The fourth-order valence-electron chi connectivity index (χ4n) is 2.35. The summed E-state index contributed by atoms with van der Waals surface area (Å²) in [7, 11) is -3.34. The first-order valence-electron chi connectivity index (χ1n) is 6.19. The summed E-state index contributed by atoms with van der Waals surface area (Å²) in [6.45, 7) is 2.84. The Bertz CT molecular complexity index is 354. The molecule has 1 aliphatic rings. The van der Waals surface area contributed by atoms with E-state index in [9.17, 15) is 13.2 Å². The Hall–Kier alpha value is -0.620. The number of sulfone groups is 1. The highest BCUT2D eigenvalue weighted by molar-refractivity contribution is 7.92. The van der Waals surface area contributed by atoms with Crippen LogP contribution in [0.4, 0.5) is 0 Å². The van der Waals surface area contributed by atoms with Gasteiger partial charge in [0.1, 0.15) is 5.75 Å². The molecule has 0 spiro atoms. The third-order valence-corrected chi connectivity index (χ3v) is 5.47. The second-order valence-electron chi connectivity index (χ2n) is 4.62. The second kappa shape index (κ2) is 6.35. The molecule has 0 aromatic heterocycles. The number of nitrogens with one attached hydrogen (secondary N) is 1. The maximum Gasteiger partial charge on any atom is 0.235 e. The Morgan fingerprint density at radius 2 is 2.12 bits per heavy atom. The van der Waals surface area contributed by atoms with Crippen molar-refractivity contribution in [1.82, 2.24) is 5.32 Å². The van der Waals surface area contributed by atoms with Crippen LogP contribution < -0.4 is 11.1 Å². The minimum atomic E-state index is -3.34. The van der Waals surface area contributed by atoms with Crippen LogP contribution in [0.5, 0.6) is 0 Å². The Morgan fingerprint density at radius 1 is 1.41 bits per heavy atom. The van der Waals surface area contributed by atoms with Gasteiger partial charge >= 0.3 is 0 Å². The molecule has 1 amide bonds. The first-order chi connectivity index (χ1) is 8.01. The van der Waals surface area contributed by atoms with Gasteiger partial charge in [0.25, 0.3) is 0 Å². The number of carbonyl (C=O) groups is 1. The SMILES string of the molecule is CCCNC(=O)CS(=O)(=O)C1CCCC1CN. The highest BCUT2D eigenvalue weighted by atomic mass is 32.2. The fourth-order valence-corrected chi connectivity index (χ4v) is 4.39. The van der Waals surface area contributed by atoms with Crippen LogP contribution in [-0.4, -0.2) is 38.4 Å². The summed E-state index contributed by atoms with van der Waals surface area (Å²) in [6, 6.07) is 0. The summed E-state index contributed by atoms with van der Waals surface area (Å²) in [5.41, 5.74) is 5.57. The Morgan fingerprint density at radius 3 is 2.71 bits per heavy atom. The van der Waals surface area contributed by atoms with Gasteiger partial charge in [0.05, 0.1) is 5.25 Å². The lowest BCUT2D eigenvalue weighted by molar-refractivity contribution is -0.118. The Kier molecular flexibility index (Phi) is 5.39. The van der Waals surface area contributed by atoms with Crippen LogP contribution in [-0.2, 0) is 14.6 Å². The average Bonchev–Trinajstić information content (AvgIpc) is 2.74. The molecule has 3 N–H and O–H groups in total. The molecule has 0 bridgehead atoms. The average molecular weight is 262 g/mol. The number of carbonyl (C=O) groups excluding carboxylic acids is 1. The van der Waals surface area contributed by atoms with Crippen molar-refractivity contribution in [2.75, 3.05) is 18.8 Å². The van der Waals surface area contributed by atoms with Crippen molar-refractivity contribution in [2.24, 2.45) is 11.7 Å². The molecule has 6 heteroatoms. The first-order valence-corrected chi connectivity index (χ1v) is 7.91. The minimum Gasteiger partial charge on any atom is -0.355 e. The van der Waals surface area contributed by atoms with Gasteiger partial charge in [-0.1, -0.05) is 13.3 Å². The van der Waals surface area contributed by atoms with E-state index in [1.165, 1.54) is 0 Å². The third-order valence-electron chi connectivity index (χ3n) is 3.26. The highest BCUT2D eigenvalue weighted by Gasteiger charge is 2.37. The number of hydrogen-bond acceptors (Lipinski definition) is 4. The monoisotopic (exact) mass is 262 g/mol. The van der Waals surface area contributed by atoms with Crippen LogP contribution in [0.1, 0.15) is 32.6 Å². The fraction of sp³-hybridized carbons (Fsp3) is 0.909. The van der Waals surface area contributed by atoms with Gasteiger partial charge in [-0.05, 0) is 31.7 Å². The molecule has 1 aliphatic carbocycles. The molecule has 0 heterocycles. The van der Waals surface area contributed by atoms with Crippen molar-refractivity contribution in [3.05, 3.63) is 0 Å². The van der Waals surface area contributed by atoms with E-state index >= 15 is 0 Å². The van der Waals surface area contributed by atoms with Gasteiger partial charge in [-0.3, -0.25) is 4.79 Å². The van der Waals surface area contributed by atoms with Gasteiger partial charge in [0.2, 0.25) is 5.91 Å². The lowest BCUT2D eigenvalue weighted by Gasteiger charge is -2.18. The molecule has 1 rings (SSSR count). The van der Waals surface area contributed by atoms with Crippen LogP contribution in [0.3, 0.4) is 0 Å². The number of rotatable bonds is 6. The number of nitrogens with two attached hydrogens (primary N) is 1. The summed E-state index contributed by atoms with van der Waals surface area (Å²) < 4.78 is 24.1. The van der Waals surface area contributed by atoms with E-state index < -0.39 is 26.7 Å². The van der Waals surface area contributed by atoms with Crippen molar-refractivity contribution >= 4 is 15.7 Å². The van der Waals surface area contributed by atoms with E-state index in [2.05, 4.69) is 5.32 Å². The molecule has 0 aromatic rings. The largest absolute Gasteiger partial charge is 0.355 e. The molecule has 2 atom stereocenters. The summed E-state index contributed by atoms with van der Waals surface area (Å²) in [5, 5.41) is 2.18. The van der Waals surface area contributed by atoms with Gasteiger partial charge in [-0.15, -0.1) is 0 Å². The normalized spacial score (nSPS) is 24.8. The molecule has 100 valence electrons. The standard InChI is InChI=1S/C11H22N2O3S/c1-2-6-13-11(14)8-17(15,16)10-5-3-4-9(10)7-12/h9-10H,2-8,12H2,1H3,(H,13,14). The summed E-state index contributed by atoms with van der Waals surface area (Å²) in [4.78, 5) is 11.4. The molecule has 1 fully saturated rings. The first kappa shape index (κ1) is 14.4. The van der Waals surface area contributed by atoms with Crippen LogP contribution in [0.2, 0.25) is 0 Å². The van der Waals surface area contributed by atoms with Gasteiger partial charge in [0, 0.05) is 6.54 Å². The van der Waals surface area contributed by atoms with Crippen molar-refractivity contribution in [3.8, 4) is 0 Å². The van der Waals surface area contributed by atoms with E-state index in [1.807, 2.05) is 6.92 Å². The zero-order valence-corrected chi connectivity index (χ0v) is 11.1. The molecule has 5 nitrogen and oxygen atoms in total.